The molecule has 0 saturated heterocycles. The van der Waals surface area contributed by atoms with Gasteiger partial charge in [0.05, 0.1) is 13.7 Å². The highest BCUT2D eigenvalue weighted by Gasteiger charge is 2.25. The van der Waals surface area contributed by atoms with Gasteiger partial charge in [0.25, 0.3) is 0 Å². The maximum absolute atomic E-state index is 9.56. The molecule has 0 bridgehead atoms. The van der Waals surface area contributed by atoms with Crippen molar-refractivity contribution >= 4 is 0 Å². The van der Waals surface area contributed by atoms with Gasteiger partial charge in [0.1, 0.15) is 5.75 Å². The second-order valence-corrected chi connectivity index (χ2v) is 5.01. The first-order valence-corrected chi connectivity index (χ1v) is 6.01. The van der Waals surface area contributed by atoms with E-state index in [4.69, 9.17) is 4.74 Å². The summed E-state index contributed by atoms with van der Waals surface area (Å²) in [4.78, 5) is 0. The molecule has 0 saturated carbocycles. The van der Waals surface area contributed by atoms with Gasteiger partial charge in [-0.2, -0.15) is 0 Å². The van der Waals surface area contributed by atoms with E-state index in [-0.39, 0.29) is 12.1 Å². The molecule has 0 aromatic heterocycles. The van der Waals surface area contributed by atoms with Crippen LogP contribution in [0.15, 0.2) is 24.3 Å². The molecule has 1 atom stereocenters. The molecule has 1 aromatic rings. The molecule has 3 heteroatoms. The summed E-state index contributed by atoms with van der Waals surface area (Å²) >= 11 is 0. The molecule has 1 unspecified atom stereocenters. The molecule has 0 aliphatic rings. The van der Waals surface area contributed by atoms with Gasteiger partial charge in [-0.25, -0.2) is 0 Å². The summed E-state index contributed by atoms with van der Waals surface area (Å²) in [5.74, 6) is 0.873. The van der Waals surface area contributed by atoms with Crippen LogP contribution in [0.4, 0.5) is 0 Å². The van der Waals surface area contributed by atoms with Crippen LogP contribution in [0.3, 0.4) is 0 Å². The Bertz CT molecular complexity index is 352. The van der Waals surface area contributed by atoms with Gasteiger partial charge in [-0.05, 0) is 25.0 Å². The van der Waals surface area contributed by atoms with Gasteiger partial charge in [-0.1, -0.05) is 32.0 Å². The van der Waals surface area contributed by atoms with E-state index in [0.717, 1.165) is 17.7 Å². The summed E-state index contributed by atoms with van der Waals surface area (Å²) in [7, 11) is 1.67. The van der Waals surface area contributed by atoms with Crippen LogP contribution in [-0.4, -0.2) is 30.4 Å². The second-order valence-electron chi connectivity index (χ2n) is 5.01. The lowest BCUT2D eigenvalue weighted by Gasteiger charge is -2.31. The van der Waals surface area contributed by atoms with Gasteiger partial charge in [-0.15, -0.1) is 0 Å². The van der Waals surface area contributed by atoms with Crippen LogP contribution in [0, 0.1) is 0 Å². The van der Waals surface area contributed by atoms with Crippen LogP contribution < -0.4 is 10.1 Å². The summed E-state index contributed by atoms with van der Waals surface area (Å²) in [6.45, 7) is 6.29. The zero-order chi connectivity index (χ0) is 12.9. The summed E-state index contributed by atoms with van der Waals surface area (Å²) in [5.41, 5.74) is 0.794. The first-order chi connectivity index (χ1) is 8.00. The van der Waals surface area contributed by atoms with Crippen molar-refractivity contribution in [3.8, 4) is 5.75 Å². The fraction of sp³-hybridized carbons (Fsp3) is 0.571. The SMILES string of the molecule is COc1ccccc1CC(C)(CO)NC(C)C. The molecular formula is C14H23NO2. The molecule has 0 aliphatic carbocycles. The third-order valence-electron chi connectivity index (χ3n) is 2.76. The van der Waals surface area contributed by atoms with Crippen molar-refractivity contribution in [3.05, 3.63) is 29.8 Å². The standard InChI is InChI=1S/C14H23NO2/c1-11(2)15-14(3,10-16)9-12-7-5-6-8-13(12)17-4/h5-8,11,15-16H,9-10H2,1-4H3. The Morgan fingerprint density at radius 3 is 2.53 bits per heavy atom. The highest BCUT2D eigenvalue weighted by molar-refractivity contribution is 5.34. The lowest BCUT2D eigenvalue weighted by Crippen LogP contribution is -2.50. The Labute approximate surface area is 104 Å². The predicted octanol–water partition coefficient (Wildman–Crippen LogP) is 1.99. The van der Waals surface area contributed by atoms with E-state index in [2.05, 4.69) is 19.2 Å². The van der Waals surface area contributed by atoms with Crippen molar-refractivity contribution in [1.29, 1.82) is 0 Å². The van der Waals surface area contributed by atoms with Crippen molar-refractivity contribution in [2.24, 2.45) is 0 Å². The number of ether oxygens (including phenoxy) is 1. The molecule has 0 heterocycles. The van der Waals surface area contributed by atoms with Crippen molar-refractivity contribution in [3.63, 3.8) is 0 Å². The summed E-state index contributed by atoms with van der Waals surface area (Å²) in [6.07, 6.45) is 0.742. The summed E-state index contributed by atoms with van der Waals surface area (Å²) in [6, 6.07) is 8.26. The zero-order valence-electron chi connectivity index (χ0n) is 11.2. The van der Waals surface area contributed by atoms with E-state index in [0.29, 0.717) is 6.04 Å². The number of nitrogens with one attached hydrogen (secondary N) is 1. The fourth-order valence-electron chi connectivity index (χ4n) is 2.12. The number of rotatable bonds is 6. The normalized spacial score (nSPS) is 14.7. The molecule has 17 heavy (non-hydrogen) atoms. The average Bonchev–Trinajstić information content (AvgIpc) is 2.28. The van der Waals surface area contributed by atoms with E-state index in [9.17, 15) is 5.11 Å². The minimum Gasteiger partial charge on any atom is -0.496 e. The molecular weight excluding hydrogens is 214 g/mol. The van der Waals surface area contributed by atoms with E-state index >= 15 is 0 Å². The van der Waals surface area contributed by atoms with Crippen LogP contribution in [0.2, 0.25) is 0 Å². The Hall–Kier alpha value is -1.06. The van der Waals surface area contributed by atoms with Crippen molar-refractivity contribution in [2.45, 2.75) is 38.8 Å². The van der Waals surface area contributed by atoms with Gasteiger partial charge in [0, 0.05) is 11.6 Å². The Balaban J connectivity index is 2.86. The monoisotopic (exact) mass is 237 g/mol. The molecule has 1 aromatic carbocycles. The first kappa shape index (κ1) is 14.0. The lowest BCUT2D eigenvalue weighted by molar-refractivity contribution is 0.164. The number of para-hydroxylation sites is 1. The van der Waals surface area contributed by atoms with Crippen molar-refractivity contribution in [2.75, 3.05) is 13.7 Å². The molecule has 0 amide bonds. The van der Waals surface area contributed by atoms with Crippen molar-refractivity contribution < 1.29 is 9.84 Å². The number of aliphatic hydroxyl groups is 1. The van der Waals surface area contributed by atoms with Crippen molar-refractivity contribution in [1.82, 2.24) is 5.32 Å². The van der Waals surface area contributed by atoms with Crippen LogP contribution >= 0.6 is 0 Å². The highest BCUT2D eigenvalue weighted by atomic mass is 16.5. The average molecular weight is 237 g/mol. The van der Waals surface area contributed by atoms with Gasteiger partial charge < -0.3 is 15.2 Å². The molecule has 2 N–H and O–H groups in total. The fourth-order valence-corrected chi connectivity index (χ4v) is 2.12. The van der Waals surface area contributed by atoms with Gasteiger partial charge >= 0.3 is 0 Å². The molecule has 0 fully saturated rings. The molecule has 0 spiro atoms. The second kappa shape index (κ2) is 6.03. The van der Waals surface area contributed by atoms with Gasteiger partial charge in [-0.3, -0.25) is 0 Å². The topological polar surface area (TPSA) is 41.5 Å². The number of methoxy groups -OCH3 is 1. The number of aliphatic hydroxyl groups excluding tert-OH is 1. The van der Waals surface area contributed by atoms with Crippen LogP contribution in [0.5, 0.6) is 5.75 Å². The number of hydrogen-bond acceptors (Lipinski definition) is 3. The van der Waals surface area contributed by atoms with Gasteiger partial charge in [0.2, 0.25) is 0 Å². The summed E-state index contributed by atoms with van der Waals surface area (Å²) in [5, 5.41) is 13.0. The van der Waals surface area contributed by atoms with Crippen LogP contribution in [-0.2, 0) is 6.42 Å². The zero-order valence-corrected chi connectivity index (χ0v) is 11.2. The van der Waals surface area contributed by atoms with E-state index in [1.54, 1.807) is 7.11 Å². The Kier molecular flexibility index (Phi) is 4.97. The smallest absolute Gasteiger partial charge is 0.122 e. The van der Waals surface area contributed by atoms with Crippen LogP contribution in [0.25, 0.3) is 0 Å². The van der Waals surface area contributed by atoms with E-state index in [1.807, 2.05) is 31.2 Å². The van der Waals surface area contributed by atoms with Crippen LogP contribution in [0.1, 0.15) is 26.3 Å². The minimum atomic E-state index is -0.317. The van der Waals surface area contributed by atoms with E-state index < -0.39 is 0 Å². The molecule has 96 valence electrons. The molecule has 3 nitrogen and oxygen atoms in total. The highest BCUT2D eigenvalue weighted by Crippen LogP contribution is 2.23. The third kappa shape index (κ3) is 4.02. The maximum Gasteiger partial charge on any atom is 0.122 e. The number of hydrogen-bond donors (Lipinski definition) is 2. The molecule has 0 radical (unpaired) electrons. The lowest BCUT2D eigenvalue weighted by atomic mass is 9.92. The maximum atomic E-state index is 9.56. The summed E-state index contributed by atoms with van der Waals surface area (Å²) < 4.78 is 5.33. The quantitative estimate of drug-likeness (QED) is 0.795. The Morgan fingerprint density at radius 2 is 2.00 bits per heavy atom. The Morgan fingerprint density at radius 1 is 1.35 bits per heavy atom. The van der Waals surface area contributed by atoms with E-state index in [1.165, 1.54) is 0 Å². The molecule has 0 aliphatic heterocycles. The third-order valence-corrected chi connectivity index (χ3v) is 2.76. The van der Waals surface area contributed by atoms with Gasteiger partial charge in [0.15, 0.2) is 0 Å². The number of benzene rings is 1. The molecule has 1 rings (SSSR count). The first-order valence-electron chi connectivity index (χ1n) is 6.01. The predicted molar refractivity (Wildman–Crippen MR) is 70.5 cm³/mol. The minimum absolute atomic E-state index is 0.100. The largest absolute Gasteiger partial charge is 0.496 e.